The molecule has 0 atom stereocenters. The van der Waals surface area contributed by atoms with Crippen LogP contribution in [0.15, 0.2) is 128 Å². The number of nitrogens with zero attached hydrogens (tertiary/aromatic N) is 6. The molecule has 0 bridgehead atoms. The van der Waals surface area contributed by atoms with Crippen molar-refractivity contribution in [2.75, 3.05) is 4.90 Å². The molecule has 246 valence electrons. The molecule has 0 aliphatic carbocycles. The van der Waals surface area contributed by atoms with Crippen molar-refractivity contribution in [3.05, 3.63) is 144 Å². The van der Waals surface area contributed by atoms with Gasteiger partial charge in [0.2, 0.25) is 0 Å². The molecule has 0 amide bonds. The van der Waals surface area contributed by atoms with Crippen LogP contribution in [0.4, 0.5) is 17.3 Å². The highest BCUT2D eigenvalue weighted by molar-refractivity contribution is 7.26. The zero-order chi connectivity index (χ0) is 34.4. The normalized spacial score (nSPS) is 11.7. The molecule has 7 heteroatoms. The first-order valence-electron chi connectivity index (χ1n) is 17.1. The van der Waals surface area contributed by atoms with Crippen LogP contribution in [0.3, 0.4) is 0 Å². The molecule has 8 aromatic rings. The zero-order valence-corrected chi connectivity index (χ0v) is 29.7. The Morgan fingerprint density at radius 1 is 0.620 bits per heavy atom. The minimum Gasteiger partial charge on any atom is -0.298 e. The van der Waals surface area contributed by atoms with Crippen LogP contribution in [-0.2, 0) is 0 Å². The summed E-state index contributed by atoms with van der Waals surface area (Å²) in [5, 5.41) is 2.38. The number of anilines is 3. The Labute approximate surface area is 296 Å². The first-order valence-corrected chi connectivity index (χ1v) is 17.9. The second-order valence-corrected chi connectivity index (χ2v) is 14.2. The van der Waals surface area contributed by atoms with Gasteiger partial charge in [0.05, 0.1) is 11.4 Å². The van der Waals surface area contributed by atoms with Crippen LogP contribution in [-0.4, -0.2) is 24.5 Å². The van der Waals surface area contributed by atoms with Gasteiger partial charge in [0.25, 0.3) is 0 Å². The van der Waals surface area contributed by atoms with Crippen LogP contribution in [0, 0.1) is 6.92 Å². The number of fused-ring (bicyclic) bond motifs is 3. The Hall–Kier alpha value is -5.66. The van der Waals surface area contributed by atoms with Gasteiger partial charge in [-0.2, -0.15) is 0 Å². The lowest BCUT2D eigenvalue weighted by molar-refractivity contribution is 0.806. The van der Waals surface area contributed by atoms with Crippen LogP contribution in [0.2, 0.25) is 0 Å². The number of hydrogen-bond donors (Lipinski definition) is 0. The number of hydrogen-bond acceptors (Lipinski definition) is 6. The van der Waals surface area contributed by atoms with Crippen molar-refractivity contribution in [1.29, 1.82) is 0 Å². The third-order valence-corrected chi connectivity index (χ3v) is 10.3. The predicted molar refractivity (Wildman–Crippen MR) is 208 cm³/mol. The van der Waals surface area contributed by atoms with E-state index in [1.807, 2.05) is 43.5 Å². The van der Waals surface area contributed by atoms with E-state index < -0.39 is 0 Å². The van der Waals surface area contributed by atoms with Gasteiger partial charge in [-0.3, -0.25) is 9.47 Å². The number of para-hydroxylation sites is 2. The van der Waals surface area contributed by atoms with E-state index >= 15 is 0 Å². The third-order valence-electron chi connectivity index (χ3n) is 9.17. The van der Waals surface area contributed by atoms with E-state index in [0.29, 0.717) is 11.8 Å². The van der Waals surface area contributed by atoms with Crippen LogP contribution < -0.4 is 4.90 Å². The molecule has 5 aromatic heterocycles. The molecule has 8 rings (SSSR count). The highest BCUT2D eigenvalue weighted by Gasteiger charge is 2.22. The number of aryl methyl sites for hydroxylation is 1. The van der Waals surface area contributed by atoms with Crippen molar-refractivity contribution in [2.24, 2.45) is 0 Å². The summed E-state index contributed by atoms with van der Waals surface area (Å²) in [7, 11) is 0. The molecule has 3 aromatic carbocycles. The van der Waals surface area contributed by atoms with Gasteiger partial charge in [0.1, 0.15) is 22.2 Å². The maximum atomic E-state index is 5.30. The van der Waals surface area contributed by atoms with Crippen molar-refractivity contribution in [2.45, 2.75) is 46.5 Å². The number of rotatable bonds is 8. The molecule has 0 unspecified atom stereocenters. The fourth-order valence-electron chi connectivity index (χ4n) is 6.77. The van der Waals surface area contributed by atoms with Gasteiger partial charge in [0, 0.05) is 44.8 Å². The van der Waals surface area contributed by atoms with Crippen LogP contribution in [0.25, 0.3) is 48.8 Å². The highest BCUT2D eigenvalue weighted by Crippen LogP contribution is 2.41. The molecule has 0 radical (unpaired) electrons. The predicted octanol–water partition coefficient (Wildman–Crippen LogP) is 11.8. The quantitative estimate of drug-likeness (QED) is 0.161. The molecule has 6 nitrogen and oxygen atoms in total. The number of imidazole rings is 1. The molecule has 0 N–H and O–H groups in total. The second kappa shape index (κ2) is 13.0. The van der Waals surface area contributed by atoms with Gasteiger partial charge in [-0.1, -0.05) is 94.4 Å². The average molecular weight is 671 g/mol. The monoisotopic (exact) mass is 670 g/mol. The lowest BCUT2D eigenvalue weighted by Crippen LogP contribution is -2.14. The Kier molecular flexibility index (Phi) is 8.21. The Bertz CT molecular complexity index is 2450. The molecule has 0 aliphatic rings. The molecule has 0 spiro atoms. The minimum atomic E-state index is 0.351. The minimum absolute atomic E-state index is 0.351. The largest absolute Gasteiger partial charge is 0.298 e. The molecule has 0 saturated heterocycles. The van der Waals surface area contributed by atoms with Gasteiger partial charge in [-0.25, -0.2) is 19.9 Å². The van der Waals surface area contributed by atoms with Crippen molar-refractivity contribution in [1.82, 2.24) is 24.5 Å². The summed E-state index contributed by atoms with van der Waals surface area (Å²) in [5.74, 6) is 3.04. The highest BCUT2D eigenvalue weighted by atomic mass is 32.1. The second-order valence-electron chi connectivity index (χ2n) is 13.2. The SMILES string of the molecule is Cc1ccc2c(n1)sc1c(-c3cccc(N(c4ccccc4)c4cccc(-c5nccn5-c5c(C(C)C)cccc5C(C)C)n4)n3)cccc12. The van der Waals surface area contributed by atoms with Gasteiger partial charge >= 0.3 is 0 Å². The van der Waals surface area contributed by atoms with E-state index in [-0.39, 0.29) is 0 Å². The van der Waals surface area contributed by atoms with Crippen molar-refractivity contribution in [3.8, 4) is 28.5 Å². The topological polar surface area (TPSA) is 59.7 Å². The standard InChI is InChI=1S/C43H38N6S/c1-27(2)31-15-9-16-32(28(3)4)40(31)48-26-25-44-42(48)37-20-12-22-39(47-37)49(30-13-7-6-8-14-30)38-21-11-19-36(46-38)35-18-10-17-33-34-24-23-29(5)45-43(34)50-41(33)35/h6-28H,1-5H3. The maximum Gasteiger partial charge on any atom is 0.163 e. The smallest absolute Gasteiger partial charge is 0.163 e. The van der Waals surface area contributed by atoms with Crippen molar-refractivity contribution < 1.29 is 0 Å². The number of pyridine rings is 3. The first-order chi connectivity index (χ1) is 24.4. The van der Waals surface area contributed by atoms with Crippen molar-refractivity contribution >= 4 is 49.0 Å². The first kappa shape index (κ1) is 31.6. The van der Waals surface area contributed by atoms with Crippen molar-refractivity contribution in [3.63, 3.8) is 0 Å². The van der Waals surface area contributed by atoms with Crippen LogP contribution >= 0.6 is 11.3 Å². The van der Waals surface area contributed by atoms with E-state index in [1.54, 1.807) is 11.3 Å². The summed E-state index contributed by atoms with van der Waals surface area (Å²) in [5.41, 5.74) is 8.53. The zero-order valence-electron chi connectivity index (χ0n) is 28.9. The fourth-order valence-corrected chi connectivity index (χ4v) is 8.01. The fraction of sp³-hybridized carbons (Fsp3) is 0.163. The Balaban J connectivity index is 1.26. The number of thiophene rings is 1. The Morgan fingerprint density at radius 3 is 2.00 bits per heavy atom. The van der Waals surface area contributed by atoms with Gasteiger partial charge < -0.3 is 0 Å². The number of aromatic nitrogens is 5. The summed E-state index contributed by atoms with van der Waals surface area (Å²) < 4.78 is 3.40. The van der Waals surface area contributed by atoms with Crippen LogP contribution in [0.5, 0.6) is 0 Å². The molecule has 50 heavy (non-hydrogen) atoms. The maximum absolute atomic E-state index is 5.30. The molecule has 5 heterocycles. The van der Waals surface area contributed by atoms with Gasteiger partial charge in [0.15, 0.2) is 5.82 Å². The number of benzene rings is 3. The van der Waals surface area contributed by atoms with E-state index in [9.17, 15) is 0 Å². The molecule has 0 saturated carbocycles. The summed E-state index contributed by atoms with van der Waals surface area (Å²) in [6, 6.07) is 40.0. The lowest BCUT2D eigenvalue weighted by atomic mass is 9.92. The lowest BCUT2D eigenvalue weighted by Gasteiger charge is -2.24. The van der Waals surface area contributed by atoms with E-state index in [1.165, 1.54) is 32.3 Å². The molecule has 0 fully saturated rings. The average Bonchev–Trinajstić information content (AvgIpc) is 3.77. The van der Waals surface area contributed by atoms with E-state index in [4.69, 9.17) is 19.9 Å². The molecule has 0 aliphatic heterocycles. The van der Waals surface area contributed by atoms with Crippen LogP contribution in [0.1, 0.15) is 56.4 Å². The van der Waals surface area contributed by atoms with Gasteiger partial charge in [-0.15, -0.1) is 11.3 Å². The third kappa shape index (κ3) is 5.63. The summed E-state index contributed by atoms with van der Waals surface area (Å²) in [4.78, 5) is 23.5. The van der Waals surface area contributed by atoms with Gasteiger partial charge in [-0.05, 0) is 78.4 Å². The van der Waals surface area contributed by atoms with E-state index in [0.717, 1.165) is 50.6 Å². The molecular weight excluding hydrogens is 633 g/mol. The Morgan fingerprint density at radius 2 is 1.28 bits per heavy atom. The molecular formula is C43H38N6S. The van der Waals surface area contributed by atoms with E-state index in [2.05, 4.69) is 128 Å². The summed E-state index contributed by atoms with van der Waals surface area (Å²) in [6.07, 6.45) is 3.93. The summed E-state index contributed by atoms with van der Waals surface area (Å²) in [6.45, 7) is 11.0. The summed E-state index contributed by atoms with van der Waals surface area (Å²) >= 11 is 1.72.